The second kappa shape index (κ2) is 7.91. The van der Waals surface area contributed by atoms with Crippen molar-refractivity contribution in [3.05, 3.63) is 11.7 Å². The number of nitrogens with zero attached hydrogens (tertiary/aromatic N) is 2. The molecule has 1 aromatic heterocycles. The topological polar surface area (TPSA) is 97.1 Å². The van der Waals surface area contributed by atoms with Crippen LogP contribution in [0.15, 0.2) is 4.52 Å². The first-order valence-corrected chi connectivity index (χ1v) is 7.64. The van der Waals surface area contributed by atoms with E-state index in [1.807, 2.05) is 27.7 Å². The lowest BCUT2D eigenvalue weighted by atomic mass is 9.96. The van der Waals surface area contributed by atoms with Crippen molar-refractivity contribution in [3.63, 3.8) is 0 Å². The van der Waals surface area contributed by atoms with Crippen molar-refractivity contribution in [1.82, 2.24) is 20.8 Å². The van der Waals surface area contributed by atoms with E-state index in [0.717, 1.165) is 6.42 Å². The summed E-state index contributed by atoms with van der Waals surface area (Å²) in [4.78, 5) is 27.8. The SMILES string of the molecule is CCCNC(=O)C(C)NC(=O)CCc1nc(C(C)(C)C)no1. The molecule has 1 unspecified atom stereocenters. The maximum atomic E-state index is 11.8. The minimum Gasteiger partial charge on any atom is -0.354 e. The summed E-state index contributed by atoms with van der Waals surface area (Å²) >= 11 is 0. The molecule has 7 heteroatoms. The van der Waals surface area contributed by atoms with Crippen LogP contribution in [0.3, 0.4) is 0 Å². The molecule has 0 bridgehead atoms. The summed E-state index contributed by atoms with van der Waals surface area (Å²) in [5, 5.41) is 9.30. The molecule has 0 saturated heterocycles. The molecular weight excluding hydrogens is 284 g/mol. The van der Waals surface area contributed by atoms with E-state index in [-0.39, 0.29) is 23.7 Å². The fourth-order valence-electron chi connectivity index (χ4n) is 1.66. The van der Waals surface area contributed by atoms with Crippen LogP contribution in [0.2, 0.25) is 0 Å². The van der Waals surface area contributed by atoms with E-state index in [1.165, 1.54) is 0 Å². The molecule has 0 aliphatic rings. The molecule has 0 spiro atoms. The van der Waals surface area contributed by atoms with Crippen LogP contribution >= 0.6 is 0 Å². The maximum Gasteiger partial charge on any atom is 0.242 e. The van der Waals surface area contributed by atoms with Crippen molar-refractivity contribution in [2.24, 2.45) is 0 Å². The van der Waals surface area contributed by atoms with Gasteiger partial charge in [0, 0.05) is 24.8 Å². The number of amides is 2. The van der Waals surface area contributed by atoms with Gasteiger partial charge in [0.2, 0.25) is 17.7 Å². The van der Waals surface area contributed by atoms with Gasteiger partial charge in [0.1, 0.15) is 6.04 Å². The zero-order chi connectivity index (χ0) is 16.8. The third-order valence-corrected chi connectivity index (χ3v) is 3.02. The summed E-state index contributed by atoms with van der Waals surface area (Å²) in [6, 6.07) is -0.549. The monoisotopic (exact) mass is 310 g/mol. The summed E-state index contributed by atoms with van der Waals surface area (Å²) < 4.78 is 5.13. The van der Waals surface area contributed by atoms with E-state index in [0.29, 0.717) is 24.7 Å². The van der Waals surface area contributed by atoms with Gasteiger partial charge in [0.05, 0.1) is 0 Å². The first-order chi connectivity index (χ1) is 10.2. The fourth-order valence-corrected chi connectivity index (χ4v) is 1.66. The standard InChI is InChI=1S/C15H26N4O3/c1-6-9-16-13(21)10(2)17-11(20)7-8-12-18-14(19-22-12)15(3,4)5/h10H,6-9H2,1-5H3,(H,16,21)(H,17,20). The minimum absolute atomic E-state index is 0.178. The van der Waals surface area contributed by atoms with Crippen LogP contribution in [0.25, 0.3) is 0 Å². The van der Waals surface area contributed by atoms with Crippen molar-refractivity contribution < 1.29 is 14.1 Å². The van der Waals surface area contributed by atoms with Crippen LogP contribution in [-0.4, -0.2) is 34.5 Å². The zero-order valence-corrected chi connectivity index (χ0v) is 14.0. The predicted molar refractivity (Wildman–Crippen MR) is 82.2 cm³/mol. The number of aromatic nitrogens is 2. The van der Waals surface area contributed by atoms with Crippen molar-refractivity contribution >= 4 is 11.8 Å². The van der Waals surface area contributed by atoms with Gasteiger partial charge in [-0.25, -0.2) is 0 Å². The molecule has 0 aliphatic carbocycles. The third-order valence-electron chi connectivity index (χ3n) is 3.02. The molecule has 1 rings (SSSR count). The van der Waals surface area contributed by atoms with E-state index in [9.17, 15) is 9.59 Å². The van der Waals surface area contributed by atoms with Gasteiger partial charge in [-0.1, -0.05) is 32.9 Å². The van der Waals surface area contributed by atoms with E-state index in [2.05, 4.69) is 20.8 Å². The Hall–Kier alpha value is -1.92. The number of rotatable bonds is 7. The highest BCUT2D eigenvalue weighted by molar-refractivity contribution is 5.87. The second-order valence-corrected chi connectivity index (χ2v) is 6.34. The lowest BCUT2D eigenvalue weighted by molar-refractivity contribution is -0.128. The number of aryl methyl sites for hydroxylation is 1. The molecule has 2 amide bonds. The van der Waals surface area contributed by atoms with Gasteiger partial charge in [-0.2, -0.15) is 4.98 Å². The summed E-state index contributed by atoms with van der Waals surface area (Å²) in [5.41, 5.74) is -0.185. The Morgan fingerprint density at radius 3 is 2.55 bits per heavy atom. The summed E-state index contributed by atoms with van der Waals surface area (Å²) in [6.07, 6.45) is 1.43. The second-order valence-electron chi connectivity index (χ2n) is 6.34. The van der Waals surface area contributed by atoms with Gasteiger partial charge in [-0.15, -0.1) is 0 Å². The van der Waals surface area contributed by atoms with Crippen molar-refractivity contribution in [2.45, 2.75) is 65.3 Å². The van der Waals surface area contributed by atoms with Crippen molar-refractivity contribution in [2.75, 3.05) is 6.54 Å². The summed E-state index contributed by atoms with van der Waals surface area (Å²) in [5.74, 6) is 0.663. The highest BCUT2D eigenvalue weighted by Crippen LogP contribution is 2.18. The molecule has 0 fully saturated rings. The van der Waals surface area contributed by atoms with Crippen LogP contribution in [0, 0.1) is 0 Å². The number of nitrogens with one attached hydrogen (secondary N) is 2. The highest BCUT2D eigenvalue weighted by Gasteiger charge is 2.21. The molecular formula is C15H26N4O3. The van der Waals surface area contributed by atoms with E-state index >= 15 is 0 Å². The minimum atomic E-state index is -0.549. The van der Waals surface area contributed by atoms with E-state index in [1.54, 1.807) is 6.92 Å². The van der Waals surface area contributed by atoms with Crippen LogP contribution in [0.1, 0.15) is 59.2 Å². The molecule has 0 aromatic carbocycles. The number of hydrogen-bond acceptors (Lipinski definition) is 5. The first kappa shape index (κ1) is 18.1. The van der Waals surface area contributed by atoms with E-state index < -0.39 is 6.04 Å². The van der Waals surface area contributed by atoms with Gasteiger partial charge in [-0.3, -0.25) is 9.59 Å². The molecule has 1 aromatic rings. The van der Waals surface area contributed by atoms with Crippen LogP contribution in [0.5, 0.6) is 0 Å². The van der Waals surface area contributed by atoms with Gasteiger partial charge in [-0.05, 0) is 13.3 Å². The first-order valence-electron chi connectivity index (χ1n) is 7.64. The van der Waals surface area contributed by atoms with Crippen molar-refractivity contribution in [1.29, 1.82) is 0 Å². The Balaban J connectivity index is 2.40. The summed E-state index contributed by atoms with van der Waals surface area (Å²) in [6.45, 7) is 10.2. The molecule has 124 valence electrons. The van der Waals surface area contributed by atoms with Crippen molar-refractivity contribution in [3.8, 4) is 0 Å². The van der Waals surface area contributed by atoms with Gasteiger partial charge >= 0.3 is 0 Å². The average Bonchev–Trinajstić information content (AvgIpc) is 2.91. The Kier molecular flexibility index (Phi) is 6.52. The Bertz CT molecular complexity index is 505. The molecule has 0 aliphatic heterocycles. The van der Waals surface area contributed by atoms with Crippen LogP contribution in [-0.2, 0) is 21.4 Å². The Morgan fingerprint density at radius 2 is 2.00 bits per heavy atom. The van der Waals surface area contributed by atoms with Gasteiger partial charge in [0.15, 0.2) is 5.82 Å². The Labute approximate surface area is 131 Å². The smallest absolute Gasteiger partial charge is 0.242 e. The number of carbonyl (C=O) groups excluding carboxylic acids is 2. The highest BCUT2D eigenvalue weighted by atomic mass is 16.5. The van der Waals surface area contributed by atoms with Crippen LogP contribution < -0.4 is 10.6 Å². The Morgan fingerprint density at radius 1 is 1.32 bits per heavy atom. The maximum absolute atomic E-state index is 11.8. The number of hydrogen-bond donors (Lipinski definition) is 2. The van der Waals surface area contributed by atoms with E-state index in [4.69, 9.17) is 4.52 Å². The quantitative estimate of drug-likeness (QED) is 0.792. The van der Waals surface area contributed by atoms with Gasteiger partial charge in [0.25, 0.3) is 0 Å². The molecule has 7 nitrogen and oxygen atoms in total. The molecule has 2 N–H and O–H groups in total. The molecule has 0 radical (unpaired) electrons. The largest absolute Gasteiger partial charge is 0.354 e. The summed E-state index contributed by atoms with van der Waals surface area (Å²) in [7, 11) is 0. The lowest BCUT2D eigenvalue weighted by Crippen LogP contribution is -2.45. The van der Waals surface area contributed by atoms with Gasteiger partial charge < -0.3 is 15.2 Å². The molecule has 22 heavy (non-hydrogen) atoms. The average molecular weight is 310 g/mol. The normalized spacial score (nSPS) is 12.8. The molecule has 0 saturated carbocycles. The lowest BCUT2D eigenvalue weighted by Gasteiger charge is -2.13. The van der Waals surface area contributed by atoms with Crippen LogP contribution in [0.4, 0.5) is 0 Å². The molecule has 1 atom stereocenters. The molecule has 1 heterocycles. The number of carbonyl (C=O) groups is 2. The zero-order valence-electron chi connectivity index (χ0n) is 14.0. The fraction of sp³-hybridized carbons (Fsp3) is 0.733. The third kappa shape index (κ3) is 5.83. The predicted octanol–water partition coefficient (Wildman–Crippen LogP) is 1.33.